The van der Waals surface area contributed by atoms with Crippen LogP contribution in [0.4, 0.5) is 4.79 Å². The lowest BCUT2D eigenvalue weighted by atomic mass is 10.0. The number of urea groups is 1. The van der Waals surface area contributed by atoms with Crippen LogP contribution in [0.3, 0.4) is 0 Å². The molecule has 26 heavy (non-hydrogen) atoms. The van der Waals surface area contributed by atoms with Gasteiger partial charge in [0.05, 0.1) is 6.04 Å². The minimum absolute atomic E-state index is 0.0284. The third-order valence-corrected chi connectivity index (χ3v) is 5.53. The van der Waals surface area contributed by atoms with Crippen molar-refractivity contribution in [2.75, 3.05) is 26.2 Å². The van der Waals surface area contributed by atoms with Gasteiger partial charge in [-0.25, -0.2) is 4.79 Å². The van der Waals surface area contributed by atoms with Crippen molar-refractivity contribution in [2.24, 2.45) is 0 Å². The van der Waals surface area contributed by atoms with Crippen molar-refractivity contribution in [2.45, 2.75) is 70.1 Å². The van der Waals surface area contributed by atoms with Crippen LogP contribution in [0.15, 0.2) is 0 Å². The maximum atomic E-state index is 12.3. The molecule has 3 fully saturated rings. The molecular weight excluding hydrogens is 334 g/mol. The highest BCUT2D eigenvalue weighted by atomic mass is 16.2. The van der Waals surface area contributed by atoms with Crippen LogP contribution in [0.2, 0.25) is 0 Å². The first-order valence-corrected chi connectivity index (χ1v) is 9.82. The smallest absolute Gasteiger partial charge is 0.315 e. The highest BCUT2D eigenvalue weighted by Crippen LogP contribution is 2.26. The molecule has 0 aliphatic carbocycles. The van der Waals surface area contributed by atoms with Crippen LogP contribution in [0.5, 0.6) is 0 Å². The van der Waals surface area contributed by atoms with E-state index in [4.69, 9.17) is 0 Å². The molecule has 3 aliphatic heterocycles. The second-order valence-electron chi connectivity index (χ2n) is 7.94. The van der Waals surface area contributed by atoms with Crippen molar-refractivity contribution in [3.63, 3.8) is 0 Å². The highest BCUT2D eigenvalue weighted by molar-refractivity contribution is 5.83. The standard InChI is InChI=1S/C18H31N5O3/c1-12(2)20-18(26)21-13-9-15-17(25)19-10-14(23(15)11-13)5-6-16(24)22-7-3-4-8-22/h12-15H,3-11H2,1-2H3,(H,19,25)(H2,20,21,26). The topological polar surface area (TPSA) is 93.8 Å². The molecule has 3 heterocycles. The number of nitrogens with one attached hydrogen (secondary N) is 3. The Bertz CT molecular complexity index is 547. The Kier molecular flexibility index (Phi) is 6.01. The van der Waals surface area contributed by atoms with Crippen LogP contribution in [0, 0.1) is 0 Å². The van der Waals surface area contributed by atoms with Gasteiger partial charge in [0.15, 0.2) is 0 Å². The summed E-state index contributed by atoms with van der Waals surface area (Å²) in [6.45, 7) is 6.82. The summed E-state index contributed by atoms with van der Waals surface area (Å²) >= 11 is 0. The molecule has 146 valence electrons. The number of piperazine rings is 1. The lowest BCUT2D eigenvalue weighted by molar-refractivity contribution is -0.131. The maximum absolute atomic E-state index is 12.3. The van der Waals surface area contributed by atoms with Gasteiger partial charge in [-0.15, -0.1) is 0 Å². The Balaban J connectivity index is 1.53. The van der Waals surface area contributed by atoms with Gasteiger partial charge in [0.25, 0.3) is 0 Å². The fourth-order valence-corrected chi connectivity index (χ4v) is 4.25. The predicted octanol–water partition coefficient (Wildman–Crippen LogP) is 0.0379. The predicted molar refractivity (Wildman–Crippen MR) is 97.5 cm³/mol. The molecule has 0 saturated carbocycles. The first kappa shape index (κ1) is 18.9. The molecule has 0 aromatic carbocycles. The molecule has 0 bridgehead atoms. The summed E-state index contributed by atoms with van der Waals surface area (Å²) in [4.78, 5) is 40.6. The van der Waals surface area contributed by atoms with E-state index in [9.17, 15) is 14.4 Å². The first-order valence-electron chi connectivity index (χ1n) is 9.82. The molecule has 8 nitrogen and oxygen atoms in total. The molecule has 0 aromatic rings. The normalized spacial score (nSPS) is 28.8. The number of hydrogen-bond donors (Lipinski definition) is 3. The average molecular weight is 365 g/mol. The van der Waals surface area contributed by atoms with Crippen molar-refractivity contribution in [1.82, 2.24) is 25.8 Å². The van der Waals surface area contributed by atoms with Crippen molar-refractivity contribution in [1.29, 1.82) is 0 Å². The van der Waals surface area contributed by atoms with E-state index in [2.05, 4.69) is 20.9 Å². The molecule has 0 radical (unpaired) electrons. The van der Waals surface area contributed by atoms with Crippen molar-refractivity contribution < 1.29 is 14.4 Å². The molecule has 4 amide bonds. The summed E-state index contributed by atoms with van der Waals surface area (Å²) in [5, 5.41) is 8.76. The van der Waals surface area contributed by atoms with Crippen LogP contribution < -0.4 is 16.0 Å². The van der Waals surface area contributed by atoms with E-state index < -0.39 is 0 Å². The molecule has 8 heteroatoms. The Morgan fingerprint density at radius 3 is 2.69 bits per heavy atom. The van der Waals surface area contributed by atoms with Crippen molar-refractivity contribution in [3.05, 3.63) is 0 Å². The number of rotatable bonds is 5. The quantitative estimate of drug-likeness (QED) is 0.641. The fourth-order valence-electron chi connectivity index (χ4n) is 4.25. The van der Waals surface area contributed by atoms with Crippen molar-refractivity contribution in [3.8, 4) is 0 Å². The highest BCUT2D eigenvalue weighted by Gasteiger charge is 2.43. The van der Waals surface area contributed by atoms with Gasteiger partial charge in [-0.3, -0.25) is 14.5 Å². The Labute approximate surface area is 155 Å². The van der Waals surface area contributed by atoms with E-state index in [1.54, 1.807) is 0 Å². The SMILES string of the molecule is CC(C)NC(=O)NC1CC2C(=O)NCC(CCC(=O)N3CCCC3)N2C1. The number of fused-ring (bicyclic) bond motifs is 1. The van der Waals surface area contributed by atoms with Crippen LogP contribution in [-0.2, 0) is 9.59 Å². The molecule has 3 rings (SSSR count). The second-order valence-corrected chi connectivity index (χ2v) is 7.94. The van der Waals surface area contributed by atoms with E-state index in [-0.39, 0.29) is 42.0 Å². The summed E-state index contributed by atoms with van der Waals surface area (Å²) in [6, 6.07) is -0.207. The minimum Gasteiger partial charge on any atom is -0.353 e. The Morgan fingerprint density at radius 1 is 1.27 bits per heavy atom. The third-order valence-electron chi connectivity index (χ3n) is 5.53. The zero-order valence-electron chi connectivity index (χ0n) is 15.8. The lowest BCUT2D eigenvalue weighted by Gasteiger charge is -2.37. The zero-order chi connectivity index (χ0) is 18.7. The Morgan fingerprint density at radius 2 is 2.00 bits per heavy atom. The molecule has 3 N–H and O–H groups in total. The first-order chi connectivity index (χ1) is 12.4. The molecule has 3 unspecified atom stereocenters. The lowest BCUT2D eigenvalue weighted by Crippen LogP contribution is -2.58. The molecule has 0 aromatic heterocycles. The average Bonchev–Trinajstić information content (AvgIpc) is 3.23. The van der Waals surface area contributed by atoms with Gasteiger partial charge in [0, 0.05) is 50.7 Å². The molecule has 3 aliphatic rings. The van der Waals surface area contributed by atoms with Gasteiger partial charge >= 0.3 is 6.03 Å². The van der Waals surface area contributed by atoms with Gasteiger partial charge in [-0.1, -0.05) is 0 Å². The summed E-state index contributed by atoms with van der Waals surface area (Å²) in [5.41, 5.74) is 0. The summed E-state index contributed by atoms with van der Waals surface area (Å²) in [6.07, 6.45) is 4.09. The van der Waals surface area contributed by atoms with Gasteiger partial charge in [0.1, 0.15) is 0 Å². The second kappa shape index (κ2) is 8.24. The summed E-state index contributed by atoms with van der Waals surface area (Å²) in [5.74, 6) is 0.252. The van der Waals surface area contributed by atoms with Gasteiger partial charge in [-0.2, -0.15) is 0 Å². The number of hydrogen-bond acceptors (Lipinski definition) is 4. The van der Waals surface area contributed by atoms with Crippen molar-refractivity contribution >= 4 is 17.8 Å². The van der Waals surface area contributed by atoms with Gasteiger partial charge in [-0.05, 0) is 39.5 Å². The maximum Gasteiger partial charge on any atom is 0.315 e. The number of carbonyl (C=O) groups excluding carboxylic acids is 3. The number of amides is 4. The molecule has 3 atom stereocenters. The third kappa shape index (κ3) is 4.47. The Hall–Kier alpha value is -1.83. The molecular formula is C18H31N5O3. The fraction of sp³-hybridized carbons (Fsp3) is 0.833. The van der Waals surface area contributed by atoms with Crippen LogP contribution >= 0.6 is 0 Å². The zero-order valence-corrected chi connectivity index (χ0v) is 15.8. The largest absolute Gasteiger partial charge is 0.353 e. The minimum atomic E-state index is -0.208. The van der Waals surface area contributed by atoms with E-state index in [1.165, 1.54) is 0 Å². The van der Waals surface area contributed by atoms with E-state index in [0.717, 1.165) is 32.4 Å². The number of nitrogens with zero attached hydrogens (tertiary/aromatic N) is 2. The van der Waals surface area contributed by atoms with Crippen LogP contribution in [0.25, 0.3) is 0 Å². The van der Waals surface area contributed by atoms with Gasteiger partial charge in [0.2, 0.25) is 11.8 Å². The molecule has 0 spiro atoms. The summed E-state index contributed by atoms with van der Waals surface area (Å²) < 4.78 is 0. The van der Waals surface area contributed by atoms with Gasteiger partial charge < -0.3 is 20.9 Å². The monoisotopic (exact) mass is 365 g/mol. The van der Waals surface area contributed by atoms with E-state index in [0.29, 0.717) is 25.9 Å². The van der Waals surface area contributed by atoms with E-state index >= 15 is 0 Å². The molecule has 3 saturated heterocycles. The number of carbonyl (C=O) groups is 3. The van der Waals surface area contributed by atoms with Crippen LogP contribution in [0.1, 0.15) is 46.0 Å². The van der Waals surface area contributed by atoms with Crippen LogP contribution in [-0.4, -0.2) is 78.0 Å². The number of likely N-dealkylation sites (tertiary alicyclic amines) is 1. The van der Waals surface area contributed by atoms with E-state index in [1.807, 2.05) is 18.7 Å². The summed E-state index contributed by atoms with van der Waals surface area (Å²) in [7, 11) is 0.